The predicted octanol–water partition coefficient (Wildman–Crippen LogP) is 5.43. The third-order valence-corrected chi connectivity index (χ3v) is 5.68. The number of nitrogens with zero attached hydrogens (tertiary/aromatic N) is 3. The molecule has 3 aromatic rings. The van der Waals surface area contributed by atoms with Gasteiger partial charge < -0.3 is 4.90 Å². The summed E-state index contributed by atoms with van der Waals surface area (Å²) in [5, 5.41) is 0.581. The first kappa shape index (κ1) is 22.7. The van der Waals surface area contributed by atoms with Crippen molar-refractivity contribution in [2.24, 2.45) is 5.92 Å². The van der Waals surface area contributed by atoms with Crippen molar-refractivity contribution in [1.82, 2.24) is 14.5 Å². The van der Waals surface area contributed by atoms with E-state index in [1.807, 2.05) is 74.2 Å². The molecule has 5 nitrogen and oxygen atoms in total. The van der Waals surface area contributed by atoms with E-state index in [-0.39, 0.29) is 23.4 Å². The van der Waals surface area contributed by atoms with Gasteiger partial charge in [-0.05, 0) is 44.0 Å². The van der Waals surface area contributed by atoms with Gasteiger partial charge in [0.15, 0.2) is 0 Å². The molecule has 0 radical (unpaired) electrons. The van der Waals surface area contributed by atoms with E-state index in [0.29, 0.717) is 29.7 Å². The van der Waals surface area contributed by atoms with Crippen LogP contribution in [0, 0.1) is 12.8 Å². The Balaban J connectivity index is 2.28. The lowest BCUT2D eigenvalue weighted by Crippen LogP contribution is -2.41. The number of rotatable bonds is 8. The van der Waals surface area contributed by atoms with E-state index in [0.717, 1.165) is 24.1 Å². The van der Waals surface area contributed by atoms with E-state index < -0.39 is 0 Å². The van der Waals surface area contributed by atoms with Gasteiger partial charge in [0.1, 0.15) is 5.82 Å². The summed E-state index contributed by atoms with van der Waals surface area (Å²) in [7, 11) is 0. The maximum Gasteiger partial charge on any atom is 0.266 e. The van der Waals surface area contributed by atoms with E-state index in [2.05, 4.69) is 13.8 Å². The largest absolute Gasteiger partial charge is 0.332 e. The van der Waals surface area contributed by atoms with Crippen LogP contribution in [0.2, 0.25) is 0 Å². The van der Waals surface area contributed by atoms with E-state index >= 15 is 0 Å². The Labute approximate surface area is 184 Å². The van der Waals surface area contributed by atoms with Crippen molar-refractivity contribution < 1.29 is 4.79 Å². The number of unbranched alkanes of at least 4 members (excludes halogenated alkanes) is 1. The van der Waals surface area contributed by atoms with Crippen LogP contribution in [0.4, 0.5) is 0 Å². The zero-order valence-corrected chi connectivity index (χ0v) is 19.3. The number of benzene rings is 2. The summed E-state index contributed by atoms with van der Waals surface area (Å²) < 4.78 is 1.70. The first-order chi connectivity index (χ1) is 14.9. The minimum atomic E-state index is -0.278. The van der Waals surface area contributed by atoms with Gasteiger partial charge in [0, 0.05) is 12.5 Å². The van der Waals surface area contributed by atoms with Gasteiger partial charge in [0.25, 0.3) is 5.56 Å². The van der Waals surface area contributed by atoms with Crippen LogP contribution in [0.5, 0.6) is 0 Å². The molecule has 1 aromatic heterocycles. The normalized spacial score (nSPS) is 12.3. The monoisotopic (exact) mass is 419 g/mol. The smallest absolute Gasteiger partial charge is 0.266 e. The Hall–Kier alpha value is -2.95. The zero-order valence-electron chi connectivity index (χ0n) is 19.3. The molecule has 1 amide bonds. The van der Waals surface area contributed by atoms with E-state index in [1.54, 1.807) is 4.57 Å². The van der Waals surface area contributed by atoms with Crippen LogP contribution < -0.4 is 5.56 Å². The number of para-hydroxylation sites is 1. The molecule has 0 fully saturated rings. The van der Waals surface area contributed by atoms with Gasteiger partial charge in [-0.15, -0.1) is 0 Å². The quantitative estimate of drug-likeness (QED) is 0.489. The number of amides is 1. The molecule has 0 N–H and O–H groups in total. The topological polar surface area (TPSA) is 55.2 Å². The average molecular weight is 420 g/mol. The van der Waals surface area contributed by atoms with Gasteiger partial charge in [0.05, 0.1) is 22.6 Å². The van der Waals surface area contributed by atoms with E-state index in [1.165, 1.54) is 0 Å². The first-order valence-electron chi connectivity index (χ1n) is 11.3. The van der Waals surface area contributed by atoms with Crippen LogP contribution >= 0.6 is 0 Å². The standard InChI is InChI=1S/C26H33N3O2/c1-6-8-17-28(25(30)18(3)4)23(7-2)24-27-22-12-10-9-11-21(22)26(31)29(24)20-15-13-19(5)14-16-20/h9-16,18,23H,6-8,17H2,1-5H3. The number of hydrogen-bond acceptors (Lipinski definition) is 3. The minimum absolute atomic E-state index is 0.0955. The summed E-state index contributed by atoms with van der Waals surface area (Å²) in [6, 6.07) is 15.0. The van der Waals surface area contributed by atoms with Crippen molar-refractivity contribution >= 4 is 16.8 Å². The second-order valence-electron chi connectivity index (χ2n) is 8.43. The molecule has 0 saturated carbocycles. The summed E-state index contributed by atoms with van der Waals surface area (Å²) in [6.45, 7) is 10.7. The van der Waals surface area contributed by atoms with Crippen LogP contribution in [0.1, 0.15) is 64.4 Å². The predicted molar refractivity (Wildman–Crippen MR) is 127 cm³/mol. The van der Waals surface area contributed by atoms with Crippen LogP contribution in [0.25, 0.3) is 16.6 Å². The molecular weight excluding hydrogens is 386 g/mol. The van der Waals surface area contributed by atoms with Crippen molar-refractivity contribution in [2.75, 3.05) is 6.54 Å². The molecule has 31 heavy (non-hydrogen) atoms. The average Bonchev–Trinajstić information content (AvgIpc) is 2.77. The highest BCUT2D eigenvalue weighted by Crippen LogP contribution is 2.27. The lowest BCUT2D eigenvalue weighted by atomic mass is 10.1. The highest BCUT2D eigenvalue weighted by Gasteiger charge is 2.29. The van der Waals surface area contributed by atoms with Crippen LogP contribution in [0.3, 0.4) is 0 Å². The van der Waals surface area contributed by atoms with Gasteiger partial charge in [0.2, 0.25) is 5.91 Å². The summed E-state index contributed by atoms with van der Waals surface area (Å²) in [5.41, 5.74) is 2.46. The molecule has 2 aromatic carbocycles. The fourth-order valence-corrected chi connectivity index (χ4v) is 3.94. The molecule has 1 heterocycles. The Morgan fingerprint density at radius 3 is 2.35 bits per heavy atom. The number of fused-ring (bicyclic) bond motifs is 1. The Bertz CT molecular complexity index is 1100. The summed E-state index contributed by atoms with van der Waals surface area (Å²) >= 11 is 0. The number of hydrogen-bond donors (Lipinski definition) is 0. The fraction of sp³-hybridized carbons (Fsp3) is 0.423. The second kappa shape index (κ2) is 9.90. The molecule has 3 rings (SSSR count). The van der Waals surface area contributed by atoms with Crippen molar-refractivity contribution in [3.8, 4) is 5.69 Å². The van der Waals surface area contributed by atoms with E-state index in [9.17, 15) is 9.59 Å². The minimum Gasteiger partial charge on any atom is -0.332 e. The summed E-state index contributed by atoms with van der Waals surface area (Å²) in [4.78, 5) is 33.7. The molecule has 0 aliphatic rings. The van der Waals surface area contributed by atoms with Crippen LogP contribution in [-0.4, -0.2) is 26.9 Å². The fourth-order valence-electron chi connectivity index (χ4n) is 3.94. The van der Waals surface area contributed by atoms with Crippen molar-refractivity contribution in [3.63, 3.8) is 0 Å². The highest BCUT2D eigenvalue weighted by molar-refractivity contribution is 5.79. The number of carbonyl (C=O) groups is 1. The maximum atomic E-state index is 13.6. The second-order valence-corrected chi connectivity index (χ2v) is 8.43. The number of carbonyl (C=O) groups excluding carboxylic acids is 1. The SMILES string of the molecule is CCCCN(C(=O)C(C)C)C(CC)c1nc2ccccc2c(=O)n1-c1ccc(C)cc1. The van der Waals surface area contributed by atoms with Crippen LogP contribution in [-0.2, 0) is 4.79 Å². The van der Waals surface area contributed by atoms with Crippen LogP contribution in [0.15, 0.2) is 53.3 Å². The van der Waals surface area contributed by atoms with Crippen molar-refractivity contribution in [3.05, 3.63) is 70.3 Å². The molecule has 0 aliphatic heterocycles. The number of aryl methyl sites for hydroxylation is 1. The lowest BCUT2D eigenvalue weighted by molar-refractivity contribution is -0.137. The van der Waals surface area contributed by atoms with Gasteiger partial charge in [-0.2, -0.15) is 0 Å². The summed E-state index contributed by atoms with van der Waals surface area (Å²) in [6.07, 6.45) is 2.59. The third kappa shape index (κ3) is 4.71. The van der Waals surface area contributed by atoms with Gasteiger partial charge in [-0.25, -0.2) is 4.98 Å². The van der Waals surface area contributed by atoms with Crippen molar-refractivity contribution in [1.29, 1.82) is 0 Å². The molecule has 164 valence electrons. The van der Waals surface area contributed by atoms with Gasteiger partial charge in [-0.3, -0.25) is 14.2 Å². The Morgan fingerprint density at radius 1 is 1.06 bits per heavy atom. The molecule has 1 atom stereocenters. The van der Waals surface area contributed by atoms with Crippen molar-refractivity contribution in [2.45, 2.75) is 59.9 Å². The Morgan fingerprint density at radius 2 is 1.74 bits per heavy atom. The first-order valence-corrected chi connectivity index (χ1v) is 11.3. The van der Waals surface area contributed by atoms with Gasteiger partial charge in [-0.1, -0.05) is 63.9 Å². The molecule has 0 saturated heterocycles. The third-order valence-electron chi connectivity index (χ3n) is 5.68. The highest BCUT2D eigenvalue weighted by atomic mass is 16.2. The maximum absolute atomic E-state index is 13.6. The van der Waals surface area contributed by atoms with E-state index in [4.69, 9.17) is 4.98 Å². The Kier molecular flexibility index (Phi) is 7.26. The van der Waals surface area contributed by atoms with Gasteiger partial charge >= 0.3 is 0 Å². The summed E-state index contributed by atoms with van der Waals surface area (Å²) in [5.74, 6) is 0.601. The zero-order chi connectivity index (χ0) is 22.5. The molecule has 0 spiro atoms. The molecule has 0 bridgehead atoms. The lowest BCUT2D eigenvalue weighted by Gasteiger charge is -2.33. The molecule has 1 unspecified atom stereocenters. The molecule has 5 heteroatoms. The molecule has 0 aliphatic carbocycles. The molecular formula is C26H33N3O2. The number of aromatic nitrogens is 2.